The second kappa shape index (κ2) is 7.70. The van der Waals surface area contributed by atoms with Crippen molar-refractivity contribution in [3.05, 3.63) is 36.0 Å². The van der Waals surface area contributed by atoms with Crippen LogP contribution in [0.5, 0.6) is 0 Å². The maximum atomic E-state index is 12.3. The third-order valence-electron chi connectivity index (χ3n) is 5.22. The zero-order chi connectivity index (χ0) is 17.8. The van der Waals surface area contributed by atoms with Gasteiger partial charge in [-0.1, -0.05) is 31.0 Å². The van der Waals surface area contributed by atoms with Gasteiger partial charge in [0.05, 0.1) is 12.0 Å². The van der Waals surface area contributed by atoms with Crippen molar-refractivity contribution in [2.75, 3.05) is 6.54 Å². The summed E-state index contributed by atoms with van der Waals surface area (Å²) >= 11 is 0. The molecule has 6 nitrogen and oxygen atoms in total. The lowest BCUT2D eigenvalue weighted by Crippen LogP contribution is -2.45. The minimum Gasteiger partial charge on any atom is -0.481 e. The molecule has 3 atom stereocenters. The molecule has 25 heavy (non-hydrogen) atoms. The van der Waals surface area contributed by atoms with Gasteiger partial charge in [0, 0.05) is 23.6 Å². The molecule has 0 spiro atoms. The molecule has 0 radical (unpaired) electrons. The topological polar surface area (TPSA) is 108 Å². The number of para-hydroxylation sites is 1. The number of hydrogen-bond acceptors (Lipinski definition) is 3. The third-order valence-corrected chi connectivity index (χ3v) is 5.22. The molecule has 1 aliphatic rings. The molecule has 6 heteroatoms. The molecule has 3 unspecified atom stereocenters. The van der Waals surface area contributed by atoms with E-state index in [1.54, 1.807) is 0 Å². The van der Waals surface area contributed by atoms with Crippen molar-refractivity contribution < 1.29 is 14.7 Å². The molecular weight excluding hydrogens is 318 g/mol. The number of carbonyl (C=O) groups is 2. The van der Waals surface area contributed by atoms with Crippen LogP contribution in [-0.4, -0.2) is 34.6 Å². The highest BCUT2D eigenvalue weighted by Crippen LogP contribution is 2.29. The summed E-state index contributed by atoms with van der Waals surface area (Å²) in [6.45, 7) is 0.386. The fourth-order valence-corrected chi connectivity index (χ4v) is 3.77. The molecule has 1 aromatic heterocycles. The number of carboxylic acid groups (broad SMARTS) is 1. The van der Waals surface area contributed by atoms with E-state index in [-0.39, 0.29) is 17.7 Å². The highest BCUT2D eigenvalue weighted by Gasteiger charge is 2.31. The number of rotatable bonds is 6. The first kappa shape index (κ1) is 17.5. The van der Waals surface area contributed by atoms with Crippen molar-refractivity contribution >= 4 is 22.8 Å². The Balaban J connectivity index is 1.56. The molecule has 1 amide bonds. The zero-order valence-corrected chi connectivity index (χ0v) is 14.2. The predicted molar refractivity (Wildman–Crippen MR) is 96.1 cm³/mol. The molecular formula is C19H25N3O3. The molecule has 1 saturated carbocycles. The maximum Gasteiger partial charge on any atom is 0.306 e. The monoisotopic (exact) mass is 343 g/mol. The number of fused-ring (bicyclic) bond motifs is 1. The standard InChI is InChI=1S/C19H25N3O3/c20-16(9-13-11-21-17-8-4-3-6-14(13)17)18(23)22-10-12-5-1-2-7-15(12)19(24)25/h3-4,6,8,11-12,15-16,21H,1-2,5,7,9-10,20H2,(H,22,23)(H,24,25). The van der Waals surface area contributed by atoms with Crippen molar-refractivity contribution in [3.8, 4) is 0 Å². The van der Waals surface area contributed by atoms with Gasteiger partial charge in [-0.05, 0) is 36.8 Å². The summed E-state index contributed by atoms with van der Waals surface area (Å²) in [4.78, 5) is 26.9. The van der Waals surface area contributed by atoms with Crippen LogP contribution in [0.4, 0.5) is 0 Å². The Morgan fingerprint density at radius 1 is 1.28 bits per heavy atom. The quantitative estimate of drug-likeness (QED) is 0.643. The van der Waals surface area contributed by atoms with E-state index in [2.05, 4.69) is 10.3 Å². The average Bonchev–Trinajstić information content (AvgIpc) is 3.03. The van der Waals surface area contributed by atoms with E-state index in [1.807, 2.05) is 30.5 Å². The lowest BCUT2D eigenvalue weighted by Gasteiger charge is -2.29. The van der Waals surface area contributed by atoms with Gasteiger partial charge in [-0.15, -0.1) is 0 Å². The van der Waals surface area contributed by atoms with Crippen molar-refractivity contribution in [1.29, 1.82) is 0 Å². The van der Waals surface area contributed by atoms with E-state index in [9.17, 15) is 14.7 Å². The molecule has 1 aliphatic carbocycles. The first-order valence-electron chi connectivity index (χ1n) is 8.87. The van der Waals surface area contributed by atoms with E-state index in [1.165, 1.54) is 0 Å². The van der Waals surface area contributed by atoms with Crippen LogP contribution in [0.25, 0.3) is 10.9 Å². The SMILES string of the molecule is NC(Cc1c[nH]c2ccccc12)C(=O)NCC1CCCCC1C(=O)O. The predicted octanol–water partition coefficient (Wildman–Crippen LogP) is 2.04. The molecule has 0 saturated heterocycles. The van der Waals surface area contributed by atoms with Crippen molar-refractivity contribution in [3.63, 3.8) is 0 Å². The maximum absolute atomic E-state index is 12.3. The van der Waals surface area contributed by atoms with Crippen LogP contribution < -0.4 is 11.1 Å². The first-order valence-corrected chi connectivity index (χ1v) is 8.87. The lowest BCUT2D eigenvalue weighted by molar-refractivity contribution is -0.145. The van der Waals surface area contributed by atoms with E-state index < -0.39 is 12.0 Å². The van der Waals surface area contributed by atoms with Crippen molar-refractivity contribution in [2.45, 2.75) is 38.1 Å². The minimum atomic E-state index is -0.762. The second-order valence-electron chi connectivity index (χ2n) is 6.90. The summed E-state index contributed by atoms with van der Waals surface area (Å²) in [5, 5.41) is 13.2. The first-order chi connectivity index (χ1) is 12.1. The summed E-state index contributed by atoms with van der Waals surface area (Å²) in [5.41, 5.74) is 8.11. The number of H-pyrrole nitrogens is 1. The second-order valence-corrected chi connectivity index (χ2v) is 6.90. The molecule has 1 fully saturated rings. The van der Waals surface area contributed by atoms with Crippen LogP contribution in [0.1, 0.15) is 31.2 Å². The van der Waals surface area contributed by atoms with E-state index in [0.717, 1.165) is 35.7 Å². The molecule has 0 aliphatic heterocycles. The van der Waals surface area contributed by atoms with Gasteiger partial charge in [-0.2, -0.15) is 0 Å². The van der Waals surface area contributed by atoms with Crippen molar-refractivity contribution in [1.82, 2.24) is 10.3 Å². The minimum absolute atomic E-state index is 0.00418. The van der Waals surface area contributed by atoms with Crippen LogP contribution in [0.3, 0.4) is 0 Å². The average molecular weight is 343 g/mol. The molecule has 134 valence electrons. The van der Waals surface area contributed by atoms with E-state index in [0.29, 0.717) is 19.4 Å². The molecule has 1 aromatic carbocycles. The summed E-state index contributed by atoms with van der Waals surface area (Å²) in [5.74, 6) is -1.35. The van der Waals surface area contributed by atoms with Gasteiger partial charge in [0.15, 0.2) is 0 Å². The van der Waals surface area contributed by atoms with Crippen LogP contribution >= 0.6 is 0 Å². The van der Waals surface area contributed by atoms with Gasteiger partial charge < -0.3 is 21.1 Å². The summed E-state index contributed by atoms with van der Waals surface area (Å²) in [7, 11) is 0. The third kappa shape index (κ3) is 4.02. The highest BCUT2D eigenvalue weighted by molar-refractivity contribution is 5.86. The van der Waals surface area contributed by atoms with Gasteiger partial charge in [0.2, 0.25) is 5.91 Å². The molecule has 5 N–H and O–H groups in total. The Morgan fingerprint density at radius 2 is 2.04 bits per heavy atom. The molecule has 2 aromatic rings. The number of nitrogens with two attached hydrogens (primary N) is 1. The van der Waals surface area contributed by atoms with Crippen LogP contribution in [-0.2, 0) is 16.0 Å². The Labute approximate surface area is 146 Å². The summed E-state index contributed by atoms with van der Waals surface area (Å²) < 4.78 is 0. The largest absolute Gasteiger partial charge is 0.481 e. The zero-order valence-electron chi connectivity index (χ0n) is 14.2. The number of amides is 1. The van der Waals surface area contributed by atoms with Gasteiger partial charge in [0.25, 0.3) is 0 Å². The van der Waals surface area contributed by atoms with E-state index in [4.69, 9.17) is 5.73 Å². The number of aromatic amines is 1. The number of carbonyl (C=O) groups excluding carboxylic acids is 1. The van der Waals surface area contributed by atoms with Crippen LogP contribution in [0.15, 0.2) is 30.5 Å². The Morgan fingerprint density at radius 3 is 2.84 bits per heavy atom. The van der Waals surface area contributed by atoms with Crippen LogP contribution in [0, 0.1) is 11.8 Å². The smallest absolute Gasteiger partial charge is 0.306 e. The van der Waals surface area contributed by atoms with Gasteiger partial charge in [-0.25, -0.2) is 0 Å². The van der Waals surface area contributed by atoms with Gasteiger partial charge in [-0.3, -0.25) is 9.59 Å². The normalized spacial score (nSPS) is 21.8. The number of hydrogen-bond donors (Lipinski definition) is 4. The van der Waals surface area contributed by atoms with Gasteiger partial charge >= 0.3 is 5.97 Å². The molecule has 3 rings (SSSR count). The Kier molecular flexibility index (Phi) is 5.38. The number of carboxylic acids is 1. The van der Waals surface area contributed by atoms with E-state index >= 15 is 0 Å². The molecule has 0 bridgehead atoms. The Bertz CT molecular complexity index is 755. The molecule has 1 heterocycles. The van der Waals surface area contributed by atoms with Crippen LogP contribution in [0.2, 0.25) is 0 Å². The number of aromatic nitrogens is 1. The lowest BCUT2D eigenvalue weighted by atomic mass is 9.79. The van der Waals surface area contributed by atoms with Crippen molar-refractivity contribution in [2.24, 2.45) is 17.6 Å². The number of aliphatic carboxylic acids is 1. The summed E-state index contributed by atoms with van der Waals surface area (Å²) in [6.07, 6.45) is 5.83. The van der Waals surface area contributed by atoms with Gasteiger partial charge in [0.1, 0.15) is 0 Å². The number of nitrogens with one attached hydrogen (secondary N) is 2. The Hall–Kier alpha value is -2.34. The fraction of sp³-hybridized carbons (Fsp3) is 0.474. The highest BCUT2D eigenvalue weighted by atomic mass is 16.4. The fourth-order valence-electron chi connectivity index (χ4n) is 3.77. The number of benzene rings is 1. The summed E-state index contributed by atoms with van der Waals surface area (Å²) in [6, 6.07) is 7.26.